The van der Waals surface area contributed by atoms with Gasteiger partial charge >= 0.3 is 0 Å². The van der Waals surface area contributed by atoms with Crippen molar-refractivity contribution in [3.05, 3.63) is 29.8 Å². The van der Waals surface area contributed by atoms with Gasteiger partial charge in [-0.25, -0.2) is 0 Å². The third-order valence-electron chi connectivity index (χ3n) is 4.27. The fraction of sp³-hybridized carbons (Fsp3) is 0.647. The van der Waals surface area contributed by atoms with E-state index in [1.54, 1.807) is 0 Å². The lowest BCUT2D eigenvalue weighted by Crippen LogP contribution is -2.25. The highest BCUT2D eigenvalue weighted by molar-refractivity contribution is 5.35. The molecule has 3 atom stereocenters. The van der Waals surface area contributed by atoms with Crippen LogP contribution in [-0.4, -0.2) is 11.2 Å². The first-order chi connectivity index (χ1) is 9.24. The summed E-state index contributed by atoms with van der Waals surface area (Å²) in [7, 11) is 0. The standard InChI is InChI=1S/C17H26O2/c1-3-13-8-7-9-14(12-13)19-17-11-6-5-10-15(17)16(18)4-2/h5-6,10-11,13-14,16,18H,3-4,7-9,12H2,1-2H3. The molecule has 1 saturated carbocycles. The quantitative estimate of drug-likeness (QED) is 0.848. The number of para-hydroxylation sites is 1. The number of hydrogen-bond donors (Lipinski definition) is 1. The fourth-order valence-corrected chi connectivity index (χ4v) is 2.98. The Balaban J connectivity index is 2.06. The Morgan fingerprint density at radius 3 is 2.79 bits per heavy atom. The van der Waals surface area contributed by atoms with Crippen LogP contribution in [0, 0.1) is 5.92 Å². The summed E-state index contributed by atoms with van der Waals surface area (Å²) in [4.78, 5) is 0. The van der Waals surface area contributed by atoms with Crippen LogP contribution in [0.5, 0.6) is 5.75 Å². The van der Waals surface area contributed by atoms with Crippen molar-refractivity contribution in [1.82, 2.24) is 0 Å². The Hall–Kier alpha value is -1.02. The first kappa shape index (κ1) is 14.4. The Morgan fingerprint density at radius 2 is 2.05 bits per heavy atom. The van der Waals surface area contributed by atoms with Gasteiger partial charge in [0.2, 0.25) is 0 Å². The normalized spacial score (nSPS) is 25.0. The van der Waals surface area contributed by atoms with Crippen LogP contribution in [-0.2, 0) is 0 Å². The van der Waals surface area contributed by atoms with Gasteiger partial charge in [0, 0.05) is 5.56 Å². The smallest absolute Gasteiger partial charge is 0.125 e. The van der Waals surface area contributed by atoms with Crippen LogP contribution in [0.4, 0.5) is 0 Å². The van der Waals surface area contributed by atoms with Crippen molar-refractivity contribution in [2.45, 2.75) is 64.6 Å². The van der Waals surface area contributed by atoms with E-state index in [1.165, 1.54) is 19.3 Å². The van der Waals surface area contributed by atoms with Crippen LogP contribution in [0.2, 0.25) is 0 Å². The fourth-order valence-electron chi connectivity index (χ4n) is 2.98. The van der Waals surface area contributed by atoms with E-state index in [2.05, 4.69) is 6.92 Å². The number of ether oxygens (including phenoxy) is 1. The molecule has 0 amide bonds. The van der Waals surface area contributed by atoms with E-state index in [0.29, 0.717) is 6.10 Å². The van der Waals surface area contributed by atoms with Crippen molar-refractivity contribution >= 4 is 0 Å². The molecule has 1 aliphatic rings. The van der Waals surface area contributed by atoms with Crippen LogP contribution in [0.15, 0.2) is 24.3 Å². The molecule has 2 nitrogen and oxygen atoms in total. The Bertz CT molecular complexity index is 389. The second-order valence-corrected chi connectivity index (χ2v) is 5.64. The molecule has 1 N–H and O–H groups in total. The summed E-state index contributed by atoms with van der Waals surface area (Å²) in [5.41, 5.74) is 0.934. The highest BCUT2D eigenvalue weighted by atomic mass is 16.5. The molecule has 106 valence electrons. The average molecular weight is 262 g/mol. The van der Waals surface area contributed by atoms with E-state index in [0.717, 1.165) is 36.5 Å². The van der Waals surface area contributed by atoms with Crippen molar-refractivity contribution in [2.75, 3.05) is 0 Å². The summed E-state index contributed by atoms with van der Waals surface area (Å²) >= 11 is 0. The molecule has 1 fully saturated rings. The van der Waals surface area contributed by atoms with Gasteiger partial charge in [-0.15, -0.1) is 0 Å². The van der Waals surface area contributed by atoms with E-state index < -0.39 is 6.10 Å². The summed E-state index contributed by atoms with van der Waals surface area (Å²) in [5, 5.41) is 10.1. The lowest BCUT2D eigenvalue weighted by Gasteiger charge is -2.30. The molecule has 2 rings (SSSR count). The second kappa shape index (κ2) is 6.95. The van der Waals surface area contributed by atoms with Gasteiger partial charge in [0.15, 0.2) is 0 Å². The number of hydrogen-bond acceptors (Lipinski definition) is 2. The number of benzene rings is 1. The lowest BCUT2D eigenvalue weighted by atomic mass is 9.85. The van der Waals surface area contributed by atoms with E-state index in [-0.39, 0.29) is 0 Å². The second-order valence-electron chi connectivity index (χ2n) is 5.64. The zero-order valence-electron chi connectivity index (χ0n) is 12.1. The third kappa shape index (κ3) is 3.73. The largest absolute Gasteiger partial charge is 0.490 e. The Labute approximate surface area is 116 Å². The highest BCUT2D eigenvalue weighted by Crippen LogP contribution is 2.33. The molecule has 1 aliphatic carbocycles. The minimum absolute atomic E-state index is 0.323. The molecule has 0 saturated heterocycles. The minimum atomic E-state index is -0.415. The van der Waals surface area contributed by atoms with Gasteiger partial charge in [-0.1, -0.05) is 44.9 Å². The summed E-state index contributed by atoms with van der Waals surface area (Å²) in [6.45, 7) is 4.26. The molecule has 19 heavy (non-hydrogen) atoms. The third-order valence-corrected chi connectivity index (χ3v) is 4.27. The van der Waals surface area contributed by atoms with Crippen LogP contribution in [0.3, 0.4) is 0 Å². The van der Waals surface area contributed by atoms with Gasteiger partial charge in [0.25, 0.3) is 0 Å². The van der Waals surface area contributed by atoms with Crippen LogP contribution in [0.25, 0.3) is 0 Å². The Kier molecular flexibility index (Phi) is 5.26. The predicted molar refractivity (Wildman–Crippen MR) is 78.4 cm³/mol. The van der Waals surface area contributed by atoms with Crippen molar-refractivity contribution in [1.29, 1.82) is 0 Å². The molecular formula is C17H26O2. The molecule has 0 spiro atoms. The number of aliphatic hydroxyl groups excluding tert-OH is 1. The zero-order chi connectivity index (χ0) is 13.7. The van der Waals surface area contributed by atoms with Gasteiger partial charge in [0.1, 0.15) is 5.75 Å². The van der Waals surface area contributed by atoms with Gasteiger partial charge in [-0.05, 0) is 37.7 Å². The molecule has 0 aliphatic heterocycles. The molecule has 1 aromatic rings. The van der Waals surface area contributed by atoms with E-state index in [4.69, 9.17) is 4.74 Å². The summed E-state index contributed by atoms with van der Waals surface area (Å²) < 4.78 is 6.18. The minimum Gasteiger partial charge on any atom is -0.490 e. The van der Waals surface area contributed by atoms with Crippen molar-refractivity contribution in [3.63, 3.8) is 0 Å². The molecule has 1 aromatic carbocycles. The van der Waals surface area contributed by atoms with E-state index in [1.807, 2.05) is 31.2 Å². The average Bonchev–Trinajstić information content (AvgIpc) is 2.47. The zero-order valence-corrected chi connectivity index (χ0v) is 12.1. The van der Waals surface area contributed by atoms with Crippen molar-refractivity contribution in [2.24, 2.45) is 5.92 Å². The van der Waals surface area contributed by atoms with Gasteiger partial charge in [0.05, 0.1) is 12.2 Å². The summed E-state index contributed by atoms with van der Waals surface area (Å²) in [5.74, 6) is 1.68. The van der Waals surface area contributed by atoms with Gasteiger partial charge < -0.3 is 9.84 Å². The summed E-state index contributed by atoms with van der Waals surface area (Å²) in [6, 6.07) is 7.92. The van der Waals surface area contributed by atoms with Crippen LogP contribution < -0.4 is 4.74 Å². The first-order valence-electron chi connectivity index (χ1n) is 7.68. The van der Waals surface area contributed by atoms with Gasteiger partial charge in [-0.3, -0.25) is 0 Å². The van der Waals surface area contributed by atoms with E-state index in [9.17, 15) is 5.11 Å². The molecule has 0 heterocycles. The number of rotatable bonds is 5. The maximum atomic E-state index is 10.1. The Morgan fingerprint density at radius 1 is 1.26 bits per heavy atom. The van der Waals surface area contributed by atoms with Gasteiger partial charge in [-0.2, -0.15) is 0 Å². The van der Waals surface area contributed by atoms with Crippen molar-refractivity contribution in [3.8, 4) is 5.75 Å². The van der Waals surface area contributed by atoms with Crippen LogP contribution in [0.1, 0.15) is 64.0 Å². The molecule has 2 heteroatoms. The molecule has 0 bridgehead atoms. The topological polar surface area (TPSA) is 29.5 Å². The van der Waals surface area contributed by atoms with E-state index >= 15 is 0 Å². The SMILES string of the molecule is CCC1CCCC(Oc2ccccc2C(O)CC)C1. The molecule has 0 radical (unpaired) electrons. The maximum absolute atomic E-state index is 10.1. The first-order valence-corrected chi connectivity index (χ1v) is 7.68. The molecule has 0 aromatic heterocycles. The lowest BCUT2D eigenvalue weighted by molar-refractivity contribution is 0.112. The maximum Gasteiger partial charge on any atom is 0.125 e. The highest BCUT2D eigenvalue weighted by Gasteiger charge is 2.23. The molecule has 3 unspecified atom stereocenters. The predicted octanol–water partition coefficient (Wildman–Crippen LogP) is 4.48. The monoisotopic (exact) mass is 262 g/mol. The van der Waals surface area contributed by atoms with Crippen molar-refractivity contribution < 1.29 is 9.84 Å². The summed E-state index contributed by atoms with van der Waals surface area (Å²) in [6.07, 6.45) is 6.80. The number of aliphatic hydroxyl groups is 1. The molecular weight excluding hydrogens is 236 g/mol. The van der Waals surface area contributed by atoms with Crippen LogP contribution >= 0.6 is 0 Å².